The summed E-state index contributed by atoms with van der Waals surface area (Å²) in [6.45, 7) is -0.538. The Labute approximate surface area is 68.7 Å². The number of aromatic nitrogens is 2. The van der Waals surface area contributed by atoms with E-state index in [9.17, 15) is 8.78 Å². The Bertz CT molecular complexity index is 260. The van der Waals surface area contributed by atoms with E-state index in [1.807, 2.05) is 0 Å². The van der Waals surface area contributed by atoms with E-state index in [0.717, 1.165) is 0 Å². The summed E-state index contributed by atoms with van der Waals surface area (Å²) in [5.74, 6) is -3.02. The molecule has 0 unspecified atom stereocenters. The Morgan fingerprint density at radius 3 is 2.75 bits per heavy atom. The van der Waals surface area contributed by atoms with E-state index in [0.29, 0.717) is 0 Å². The van der Waals surface area contributed by atoms with E-state index in [-0.39, 0.29) is 5.69 Å². The van der Waals surface area contributed by atoms with Crippen molar-refractivity contribution in [1.82, 2.24) is 9.55 Å². The van der Waals surface area contributed by atoms with E-state index < -0.39 is 19.0 Å². The summed E-state index contributed by atoms with van der Waals surface area (Å²) in [7, 11) is 1.62. The Morgan fingerprint density at radius 1 is 1.67 bits per heavy atom. The number of hydrogen-bond acceptors (Lipinski definition) is 2. The zero-order valence-corrected chi connectivity index (χ0v) is 6.67. The maximum absolute atomic E-state index is 12.9. The zero-order chi connectivity index (χ0) is 9.19. The standard InChI is InChI=1S/C7H10F2N2O/c1-11-4-6(10-5-11)7(8,9)2-3-12/h4-5,12H,2-3H2,1H3. The van der Waals surface area contributed by atoms with Crippen LogP contribution in [0.2, 0.25) is 0 Å². The van der Waals surface area contributed by atoms with Crippen molar-refractivity contribution in [2.24, 2.45) is 7.05 Å². The smallest absolute Gasteiger partial charge is 0.293 e. The van der Waals surface area contributed by atoms with E-state index in [4.69, 9.17) is 5.11 Å². The summed E-state index contributed by atoms with van der Waals surface area (Å²) < 4.78 is 27.3. The van der Waals surface area contributed by atoms with Crippen molar-refractivity contribution in [3.8, 4) is 0 Å². The van der Waals surface area contributed by atoms with Crippen LogP contribution >= 0.6 is 0 Å². The molecule has 12 heavy (non-hydrogen) atoms. The third-order valence-electron chi connectivity index (χ3n) is 1.51. The number of halogens is 2. The van der Waals surface area contributed by atoms with Gasteiger partial charge in [0.1, 0.15) is 5.69 Å². The Hall–Kier alpha value is -0.970. The first-order chi connectivity index (χ1) is 5.56. The molecule has 0 radical (unpaired) electrons. The number of rotatable bonds is 3. The molecule has 0 amide bonds. The van der Waals surface area contributed by atoms with Crippen molar-refractivity contribution in [3.63, 3.8) is 0 Å². The first-order valence-corrected chi connectivity index (χ1v) is 3.53. The van der Waals surface area contributed by atoms with Gasteiger partial charge in [-0.05, 0) is 0 Å². The summed E-state index contributed by atoms with van der Waals surface area (Å²) in [4.78, 5) is 3.51. The molecule has 1 aromatic heterocycles. The molecular formula is C7H10F2N2O. The average molecular weight is 176 g/mol. The van der Waals surface area contributed by atoms with Crippen molar-refractivity contribution in [2.75, 3.05) is 6.61 Å². The molecule has 0 aliphatic heterocycles. The van der Waals surface area contributed by atoms with Gasteiger partial charge >= 0.3 is 0 Å². The highest BCUT2D eigenvalue weighted by Gasteiger charge is 2.33. The predicted molar refractivity (Wildman–Crippen MR) is 38.8 cm³/mol. The molecule has 0 atom stereocenters. The molecule has 0 aliphatic carbocycles. The molecule has 1 rings (SSSR count). The van der Waals surface area contributed by atoms with Crippen LogP contribution in [0.5, 0.6) is 0 Å². The lowest BCUT2D eigenvalue weighted by molar-refractivity contribution is -0.0307. The second-order valence-electron chi connectivity index (χ2n) is 2.60. The molecule has 1 aromatic rings. The number of imidazole rings is 1. The first-order valence-electron chi connectivity index (χ1n) is 3.53. The van der Waals surface area contributed by atoms with Crippen LogP contribution in [0.4, 0.5) is 8.78 Å². The minimum atomic E-state index is -3.02. The first kappa shape index (κ1) is 9.12. The Kier molecular flexibility index (Phi) is 2.42. The molecule has 0 saturated carbocycles. The average Bonchev–Trinajstić information content (AvgIpc) is 2.36. The van der Waals surface area contributed by atoms with Gasteiger partial charge in [0.2, 0.25) is 0 Å². The van der Waals surface area contributed by atoms with Crippen LogP contribution in [0.3, 0.4) is 0 Å². The predicted octanol–water partition coefficient (Wildman–Crippen LogP) is 0.894. The molecule has 0 fully saturated rings. The van der Waals surface area contributed by atoms with Gasteiger partial charge in [0, 0.05) is 26.3 Å². The summed E-state index contributed by atoms with van der Waals surface area (Å²) in [5.41, 5.74) is -0.293. The van der Waals surface area contributed by atoms with Crippen LogP contribution in [0.15, 0.2) is 12.5 Å². The Morgan fingerprint density at radius 2 is 2.33 bits per heavy atom. The highest BCUT2D eigenvalue weighted by Crippen LogP contribution is 2.29. The van der Waals surface area contributed by atoms with Crippen LogP contribution in [0.25, 0.3) is 0 Å². The summed E-state index contributed by atoms with van der Waals surface area (Å²) >= 11 is 0. The fraction of sp³-hybridized carbons (Fsp3) is 0.571. The van der Waals surface area contributed by atoms with Gasteiger partial charge in [-0.2, -0.15) is 8.78 Å². The van der Waals surface area contributed by atoms with Crippen molar-refractivity contribution >= 4 is 0 Å². The lowest BCUT2D eigenvalue weighted by Crippen LogP contribution is -2.15. The van der Waals surface area contributed by atoms with Crippen molar-refractivity contribution in [3.05, 3.63) is 18.2 Å². The van der Waals surface area contributed by atoms with Gasteiger partial charge in [-0.1, -0.05) is 0 Å². The fourth-order valence-corrected chi connectivity index (χ4v) is 0.870. The van der Waals surface area contributed by atoms with Crippen LogP contribution in [-0.2, 0) is 13.0 Å². The molecule has 68 valence electrons. The molecule has 0 aliphatic rings. The topological polar surface area (TPSA) is 38.0 Å². The highest BCUT2D eigenvalue weighted by atomic mass is 19.3. The molecule has 1 N–H and O–H groups in total. The number of aryl methyl sites for hydroxylation is 1. The van der Waals surface area contributed by atoms with E-state index in [1.54, 1.807) is 7.05 Å². The quantitative estimate of drug-likeness (QED) is 0.742. The highest BCUT2D eigenvalue weighted by molar-refractivity contribution is 5.04. The second kappa shape index (κ2) is 3.18. The normalized spacial score (nSPS) is 12.0. The molecule has 1 heterocycles. The molecule has 3 nitrogen and oxygen atoms in total. The fourth-order valence-electron chi connectivity index (χ4n) is 0.870. The van der Waals surface area contributed by atoms with Crippen LogP contribution in [0.1, 0.15) is 12.1 Å². The number of nitrogens with zero attached hydrogens (tertiary/aromatic N) is 2. The van der Waals surface area contributed by atoms with E-state index in [2.05, 4.69) is 4.98 Å². The molecule has 0 bridgehead atoms. The number of aliphatic hydroxyl groups is 1. The molecule has 0 spiro atoms. The third-order valence-corrected chi connectivity index (χ3v) is 1.51. The van der Waals surface area contributed by atoms with Crippen LogP contribution in [0, 0.1) is 0 Å². The lowest BCUT2D eigenvalue weighted by Gasteiger charge is -2.10. The molecule has 0 saturated heterocycles. The number of aliphatic hydroxyl groups excluding tert-OH is 1. The van der Waals surface area contributed by atoms with Gasteiger partial charge in [0.05, 0.1) is 6.33 Å². The van der Waals surface area contributed by atoms with E-state index >= 15 is 0 Å². The zero-order valence-electron chi connectivity index (χ0n) is 6.67. The van der Waals surface area contributed by atoms with Crippen molar-refractivity contribution in [1.29, 1.82) is 0 Å². The SMILES string of the molecule is Cn1cnc(C(F)(F)CCO)c1. The number of hydrogen-bond donors (Lipinski definition) is 1. The van der Waals surface area contributed by atoms with Crippen molar-refractivity contribution in [2.45, 2.75) is 12.3 Å². The van der Waals surface area contributed by atoms with Gasteiger partial charge < -0.3 is 9.67 Å². The largest absolute Gasteiger partial charge is 0.396 e. The number of alkyl halides is 2. The minimum Gasteiger partial charge on any atom is -0.396 e. The van der Waals surface area contributed by atoms with Gasteiger partial charge in [-0.3, -0.25) is 0 Å². The summed E-state index contributed by atoms with van der Waals surface area (Å²) in [6.07, 6.45) is 1.97. The van der Waals surface area contributed by atoms with Gasteiger partial charge in [0.15, 0.2) is 0 Å². The maximum atomic E-state index is 12.9. The lowest BCUT2D eigenvalue weighted by atomic mass is 10.2. The van der Waals surface area contributed by atoms with E-state index in [1.165, 1.54) is 17.1 Å². The Balaban J connectivity index is 2.81. The maximum Gasteiger partial charge on any atom is 0.293 e. The second-order valence-corrected chi connectivity index (χ2v) is 2.60. The monoisotopic (exact) mass is 176 g/mol. The molecular weight excluding hydrogens is 166 g/mol. The summed E-state index contributed by atoms with van der Waals surface area (Å²) in [6, 6.07) is 0. The third kappa shape index (κ3) is 1.79. The van der Waals surface area contributed by atoms with Crippen molar-refractivity contribution < 1.29 is 13.9 Å². The van der Waals surface area contributed by atoms with Crippen LogP contribution in [-0.4, -0.2) is 21.3 Å². The molecule has 5 heteroatoms. The van der Waals surface area contributed by atoms with Gasteiger partial charge in [-0.15, -0.1) is 0 Å². The molecule has 0 aromatic carbocycles. The summed E-state index contributed by atoms with van der Waals surface area (Å²) in [5, 5.41) is 8.36. The van der Waals surface area contributed by atoms with Gasteiger partial charge in [-0.25, -0.2) is 4.98 Å². The minimum absolute atomic E-state index is 0.293. The van der Waals surface area contributed by atoms with Gasteiger partial charge in [0.25, 0.3) is 5.92 Å². The van der Waals surface area contributed by atoms with Crippen LogP contribution < -0.4 is 0 Å².